The van der Waals surface area contributed by atoms with Crippen LogP contribution in [-0.2, 0) is 14.8 Å². The molecule has 0 heterocycles. The lowest BCUT2D eigenvalue weighted by molar-refractivity contribution is -0.192. The van der Waals surface area contributed by atoms with Crippen LogP contribution in [0.3, 0.4) is 0 Å². The van der Waals surface area contributed by atoms with Gasteiger partial charge in [-0.15, -0.1) is 0 Å². The molecule has 32 heavy (non-hydrogen) atoms. The largest absolute Gasteiger partial charge is 0.490 e. The maximum atomic E-state index is 13.3. The number of halogens is 4. The molecule has 2 aromatic rings. The van der Waals surface area contributed by atoms with Crippen molar-refractivity contribution in [2.45, 2.75) is 24.9 Å². The van der Waals surface area contributed by atoms with Crippen molar-refractivity contribution in [3.8, 4) is 0 Å². The molecule has 0 radical (unpaired) electrons. The number of nitrogens with one attached hydrogen (secondary N) is 1. The van der Waals surface area contributed by atoms with Gasteiger partial charge in [-0.2, -0.15) is 13.2 Å². The molecule has 13 heteroatoms. The molecule has 2 rings (SSSR count). The van der Waals surface area contributed by atoms with Gasteiger partial charge in [-0.1, -0.05) is 6.07 Å². The van der Waals surface area contributed by atoms with E-state index < -0.39 is 34.0 Å². The minimum atomic E-state index is -5.08. The molecular weight excluding hydrogens is 460 g/mol. The van der Waals surface area contributed by atoms with Crippen molar-refractivity contribution < 1.29 is 45.8 Å². The first-order chi connectivity index (χ1) is 14.7. The van der Waals surface area contributed by atoms with Gasteiger partial charge >= 0.3 is 18.1 Å². The van der Waals surface area contributed by atoms with Gasteiger partial charge in [-0.05, 0) is 50.2 Å². The fourth-order valence-electron chi connectivity index (χ4n) is 2.46. The topological polar surface area (TPSA) is 124 Å². The molecule has 0 aliphatic heterocycles. The quantitative estimate of drug-likeness (QED) is 0.515. The van der Waals surface area contributed by atoms with Crippen LogP contribution in [0.25, 0.3) is 0 Å². The van der Waals surface area contributed by atoms with E-state index in [-0.39, 0.29) is 16.1 Å². The third kappa shape index (κ3) is 7.41. The second-order valence-corrected chi connectivity index (χ2v) is 7.76. The maximum Gasteiger partial charge on any atom is 0.490 e. The van der Waals surface area contributed by atoms with Gasteiger partial charge in [0.2, 0.25) is 0 Å². The number of hydrogen-bond donors (Lipinski definition) is 3. The van der Waals surface area contributed by atoms with E-state index in [2.05, 4.69) is 4.72 Å². The van der Waals surface area contributed by atoms with Gasteiger partial charge in [0.1, 0.15) is 5.82 Å². The van der Waals surface area contributed by atoms with Crippen LogP contribution < -0.4 is 9.62 Å². The number of sulfonamides is 1. The Balaban J connectivity index is 0.000000633. The Bertz CT molecular complexity index is 1070. The highest BCUT2D eigenvalue weighted by Crippen LogP contribution is 2.26. The van der Waals surface area contributed by atoms with Gasteiger partial charge in [-0.3, -0.25) is 4.72 Å². The maximum absolute atomic E-state index is 13.3. The number of alkyl halides is 3. The lowest BCUT2D eigenvalue weighted by Crippen LogP contribution is -2.24. The van der Waals surface area contributed by atoms with Crippen molar-refractivity contribution >= 4 is 33.3 Å². The zero-order chi connectivity index (χ0) is 24.7. The zero-order valence-electron chi connectivity index (χ0n) is 16.9. The van der Waals surface area contributed by atoms with Gasteiger partial charge in [-0.25, -0.2) is 22.4 Å². The first kappa shape index (κ1) is 26.7. The van der Waals surface area contributed by atoms with E-state index in [0.717, 1.165) is 12.1 Å². The summed E-state index contributed by atoms with van der Waals surface area (Å²) in [7, 11) is -4.02. The van der Waals surface area contributed by atoms with E-state index in [1.54, 1.807) is 6.07 Å². The van der Waals surface area contributed by atoms with E-state index in [1.807, 2.05) is 18.7 Å². The molecule has 0 amide bonds. The molecule has 0 spiro atoms. The Morgan fingerprint density at radius 2 is 1.59 bits per heavy atom. The minimum absolute atomic E-state index is 0.0110. The van der Waals surface area contributed by atoms with Crippen molar-refractivity contribution in [3.05, 3.63) is 53.8 Å². The molecule has 0 aromatic heterocycles. The third-order valence-electron chi connectivity index (χ3n) is 3.93. The van der Waals surface area contributed by atoms with Crippen molar-refractivity contribution in [3.63, 3.8) is 0 Å². The average Bonchev–Trinajstić information content (AvgIpc) is 2.69. The molecule has 0 atom stereocenters. The third-order valence-corrected chi connectivity index (χ3v) is 5.31. The number of aliphatic carboxylic acids is 1. The van der Waals surface area contributed by atoms with Gasteiger partial charge in [0.05, 0.1) is 16.1 Å². The summed E-state index contributed by atoms with van der Waals surface area (Å²) in [5.41, 5.74) is 0.590. The van der Waals surface area contributed by atoms with Crippen LogP contribution in [0, 0.1) is 5.82 Å². The monoisotopic (exact) mass is 480 g/mol. The summed E-state index contributed by atoms with van der Waals surface area (Å²) in [6, 6.07) is 8.87. The summed E-state index contributed by atoms with van der Waals surface area (Å²) >= 11 is 0. The molecule has 0 saturated heterocycles. The zero-order valence-corrected chi connectivity index (χ0v) is 17.7. The highest BCUT2D eigenvalue weighted by Gasteiger charge is 2.38. The van der Waals surface area contributed by atoms with E-state index in [4.69, 9.17) is 9.90 Å². The number of aromatic carboxylic acids is 1. The number of anilines is 2. The Morgan fingerprint density at radius 1 is 1.03 bits per heavy atom. The molecule has 176 valence electrons. The lowest BCUT2D eigenvalue weighted by atomic mass is 10.1. The first-order valence-corrected chi connectivity index (χ1v) is 10.4. The van der Waals surface area contributed by atoms with Crippen LogP contribution >= 0.6 is 0 Å². The summed E-state index contributed by atoms with van der Waals surface area (Å²) in [5.74, 6) is -4.59. The number of benzene rings is 2. The highest BCUT2D eigenvalue weighted by atomic mass is 32.2. The molecule has 0 bridgehead atoms. The Morgan fingerprint density at radius 3 is 2.03 bits per heavy atom. The number of carboxylic acid groups (broad SMARTS) is 2. The molecule has 8 nitrogen and oxygen atoms in total. The van der Waals surface area contributed by atoms with Gasteiger partial charge in [0.15, 0.2) is 0 Å². The van der Waals surface area contributed by atoms with E-state index in [1.165, 1.54) is 24.3 Å². The summed E-state index contributed by atoms with van der Waals surface area (Å²) in [6.45, 7) is 5.03. The van der Waals surface area contributed by atoms with E-state index in [0.29, 0.717) is 18.8 Å². The van der Waals surface area contributed by atoms with Gasteiger partial charge in [0.25, 0.3) is 10.0 Å². The van der Waals surface area contributed by atoms with Crippen LogP contribution in [0.4, 0.5) is 28.9 Å². The fraction of sp³-hybridized carbons (Fsp3) is 0.263. The standard InChI is InChI=1S/C17H19FN2O4S.C2HF3O2/c1-3-20(4-2)16-9-8-13(11-15(16)17(21)22)19-25(23,24)14-7-5-6-12(18)10-14;3-2(4,5)1(6)7/h5-11,19H,3-4H2,1-2H3,(H,21,22);(H,6,7). The number of rotatable bonds is 7. The Kier molecular flexibility index (Phi) is 9.00. The predicted molar refractivity (Wildman–Crippen MR) is 108 cm³/mol. The normalized spacial score (nSPS) is 11.2. The Hall–Kier alpha value is -3.35. The molecule has 0 fully saturated rings. The molecule has 0 unspecified atom stereocenters. The second kappa shape index (κ2) is 10.8. The Labute approximate surface area is 181 Å². The summed E-state index contributed by atoms with van der Waals surface area (Å²) < 4.78 is 71.9. The molecule has 0 aliphatic rings. The number of nitrogens with zero attached hydrogens (tertiary/aromatic N) is 1. The molecule has 0 aliphatic carbocycles. The smallest absolute Gasteiger partial charge is 0.478 e. The van der Waals surface area contributed by atoms with Crippen LogP contribution in [0.2, 0.25) is 0 Å². The van der Waals surface area contributed by atoms with Crippen LogP contribution in [-0.4, -0.2) is 49.8 Å². The number of hydrogen-bond acceptors (Lipinski definition) is 5. The number of carboxylic acids is 2. The molecule has 2 aromatic carbocycles. The van der Waals surface area contributed by atoms with Crippen molar-refractivity contribution in [1.29, 1.82) is 0 Å². The van der Waals surface area contributed by atoms with Gasteiger partial charge < -0.3 is 15.1 Å². The van der Waals surface area contributed by atoms with Crippen LogP contribution in [0.5, 0.6) is 0 Å². The van der Waals surface area contributed by atoms with Crippen LogP contribution in [0.1, 0.15) is 24.2 Å². The summed E-state index contributed by atoms with van der Waals surface area (Å²) in [6.07, 6.45) is -5.08. The average molecular weight is 480 g/mol. The summed E-state index contributed by atoms with van der Waals surface area (Å²) in [4.78, 5) is 22.0. The number of carbonyl (C=O) groups is 2. The predicted octanol–water partition coefficient (Wildman–Crippen LogP) is 3.80. The van der Waals surface area contributed by atoms with E-state index in [9.17, 15) is 35.9 Å². The minimum Gasteiger partial charge on any atom is -0.478 e. The highest BCUT2D eigenvalue weighted by molar-refractivity contribution is 7.92. The molecule has 0 saturated carbocycles. The first-order valence-electron chi connectivity index (χ1n) is 8.93. The van der Waals surface area contributed by atoms with Crippen molar-refractivity contribution in [2.24, 2.45) is 0 Å². The molecule has 3 N–H and O–H groups in total. The van der Waals surface area contributed by atoms with Crippen molar-refractivity contribution in [2.75, 3.05) is 22.7 Å². The summed E-state index contributed by atoms with van der Waals surface area (Å²) in [5, 5.41) is 16.6. The van der Waals surface area contributed by atoms with E-state index >= 15 is 0 Å². The van der Waals surface area contributed by atoms with Crippen LogP contribution in [0.15, 0.2) is 47.4 Å². The second-order valence-electron chi connectivity index (χ2n) is 6.08. The van der Waals surface area contributed by atoms with Gasteiger partial charge in [0, 0.05) is 18.8 Å². The fourth-order valence-corrected chi connectivity index (χ4v) is 3.54. The lowest BCUT2D eigenvalue weighted by Gasteiger charge is -2.23. The van der Waals surface area contributed by atoms with Crippen molar-refractivity contribution in [1.82, 2.24) is 0 Å². The SMILES string of the molecule is CCN(CC)c1ccc(NS(=O)(=O)c2cccc(F)c2)cc1C(=O)O.O=C(O)C(F)(F)F. The molecular formula is C19H20F4N2O6S.